The van der Waals surface area contributed by atoms with E-state index in [0.29, 0.717) is 18.1 Å². The van der Waals surface area contributed by atoms with Gasteiger partial charge in [-0.2, -0.15) is 4.98 Å². The Morgan fingerprint density at radius 1 is 1.22 bits per heavy atom. The van der Waals surface area contributed by atoms with Gasteiger partial charge in [0.2, 0.25) is 5.89 Å². The van der Waals surface area contributed by atoms with Crippen molar-refractivity contribution in [2.24, 2.45) is 5.73 Å². The predicted molar refractivity (Wildman–Crippen MR) is 100 cm³/mol. The zero-order valence-corrected chi connectivity index (χ0v) is 15.4. The Kier molecular flexibility index (Phi) is 5.62. The zero-order chi connectivity index (χ0) is 18.0. The number of hydrogen-bond acceptors (Lipinski definition) is 6. The van der Waals surface area contributed by atoms with Crippen molar-refractivity contribution in [2.45, 2.75) is 37.3 Å². The van der Waals surface area contributed by atoms with Crippen LogP contribution < -0.4 is 11.1 Å². The van der Waals surface area contributed by atoms with E-state index in [1.807, 2.05) is 30.3 Å². The van der Waals surface area contributed by atoms with Crippen molar-refractivity contribution >= 4 is 18.3 Å². The van der Waals surface area contributed by atoms with E-state index < -0.39 is 11.6 Å². The quantitative estimate of drug-likeness (QED) is 0.671. The maximum absolute atomic E-state index is 12.4. The van der Waals surface area contributed by atoms with Gasteiger partial charge in [-0.05, 0) is 37.0 Å². The molecular formula is C19H21ClN4O3. The molecule has 2 aromatic heterocycles. The summed E-state index contributed by atoms with van der Waals surface area (Å²) < 4.78 is 10.6. The van der Waals surface area contributed by atoms with Crippen molar-refractivity contribution < 1.29 is 13.7 Å². The molecule has 142 valence electrons. The highest BCUT2D eigenvalue weighted by atomic mass is 35.5. The molecule has 0 radical (unpaired) electrons. The van der Waals surface area contributed by atoms with E-state index in [1.54, 1.807) is 12.1 Å². The molecule has 1 aliphatic rings. The number of carbonyl (C=O) groups is 1. The van der Waals surface area contributed by atoms with Gasteiger partial charge in [0.1, 0.15) is 6.04 Å². The van der Waals surface area contributed by atoms with Gasteiger partial charge in [-0.25, -0.2) is 0 Å². The number of nitrogens with one attached hydrogen (secondary N) is 1. The Balaban J connectivity index is 0.00000210. The second-order valence-electron chi connectivity index (χ2n) is 6.66. The molecule has 1 saturated carbocycles. The van der Waals surface area contributed by atoms with Gasteiger partial charge in [0.05, 0.1) is 11.8 Å². The van der Waals surface area contributed by atoms with Crippen LogP contribution in [-0.4, -0.2) is 16.0 Å². The van der Waals surface area contributed by atoms with E-state index in [4.69, 9.17) is 14.7 Å². The average molecular weight is 389 g/mol. The molecule has 0 bridgehead atoms. The van der Waals surface area contributed by atoms with E-state index >= 15 is 0 Å². The lowest BCUT2D eigenvalue weighted by Crippen LogP contribution is -2.44. The molecule has 4 rings (SSSR count). The summed E-state index contributed by atoms with van der Waals surface area (Å²) in [6.07, 6.45) is 4.72. The first-order valence-corrected chi connectivity index (χ1v) is 8.65. The van der Waals surface area contributed by atoms with Gasteiger partial charge >= 0.3 is 0 Å². The van der Waals surface area contributed by atoms with Crippen LogP contribution in [0.5, 0.6) is 0 Å². The molecule has 3 aromatic rings. The summed E-state index contributed by atoms with van der Waals surface area (Å²) in [6, 6.07) is 12.6. The highest BCUT2D eigenvalue weighted by molar-refractivity contribution is 5.91. The lowest BCUT2D eigenvalue weighted by molar-refractivity contribution is 0.0900. The number of halogens is 1. The smallest absolute Gasteiger partial charge is 0.287 e. The van der Waals surface area contributed by atoms with Gasteiger partial charge in [-0.3, -0.25) is 4.79 Å². The van der Waals surface area contributed by atoms with Crippen LogP contribution in [0.4, 0.5) is 0 Å². The van der Waals surface area contributed by atoms with Crippen LogP contribution in [0.2, 0.25) is 0 Å². The van der Waals surface area contributed by atoms with E-state index in [9.17, 15) is 4.79 Å². The summed E-state index contributed by atoms with van der Waals surface area (Å²) in [7, 11) is 0. The Morgan fingerprint density at radius 2 is 2.00 bits per heavy atom. The number of amides is 1. The largest absolute Gasteiger partial charge is 0.459 e. The third kappa shape index (κ3) is 4.04. The first kappa shape index (κ1) is 19.1. The van der Waals surface area contributed by atoms with E-state index in [0.717, 1.165) is 24.8 Å². The summed E-state index contributed by atoms with van der Waals surface area (Å²) in [5.74, 6) is 0.753. The molecule has 8 heteroatoms. The van der Waals surface area contributed by atoms with Gasteiger partial charge in [0, 0.05) is 6.42 Å². The van der Waals surface area contributed by atoms with Crippen molar-refractivity contribution in [3.63, 3.8) is 0 Å². The summed E-state index contributed by atoms with van der Waals surface area (Å²) >= 11 is 0. The Labute approximate surface area is 162 Å². The van der Waals surface area contributed by atoms with Crippen LogP contribution in [0.25, 0.3) is 0 Å². The standard InChI is InChI=1S/C19H20N4O3.ClH/c20-19(9-5-10-19)18-22-17(26-23-18)14(12-13-6-2-1-3-7-13)21-16(24)15-8-4-11-25-15;/h1-4,6-8,11,14H,5,9-10,12,20H2,(H,21,24);1H. The first-order valence-electron chi connectivity index (χ1n) is 8.65. The molecule has 1 amide bonds. The Hall–Kier alpha value is -2.64. The van der Waals surface area contributed by atoms with Crippen molar-refractivity contribution in [1.82, 2.24) is 15.5 Å². The van der Waals surface area contributed by atoms with E-state index in [1.165, 1.54) is 6.26 Å². The van der Waals surface area contributed by atoms with Crippen LogP contribution in [0.15, 0.2) is 57.7 Å². The number of hydrogen-bond donors (Lipinski definition) is 2. The average Bonchev–Trinajstić information content (AvgIpc) is 3.32. The molecule has 7 nitrogen and oxygen atoms in total. The van der Waals surface area contributed by atoms with E-state index in [2.05, 4.69) is 15.5 Å². The summed E-state index contributed by atoms with van der Waals surface area (Å²) in [5.41, 5.74) is 6.82. The number of benzene rings is 1. The first-order chi connectivity index (χ1) is 12.6. The molecule has 0 spiro atoms. The minimum absolute atomic E-state index is 0. The van der Waals surface area contributed by atoms with Crippen LogP contribution in [0, 0.1) is 0 Å². The van der Waals surface area contributed by atoms with Crippen molar-refractivity contribution in [3.8, 4) is 0 Å². The number of nitrogens with two attached hydrogens (primary N) is 1. The number of nitrogens with zero attached hydrogens (tertiary/aromatic N) is 2. The van der Waals surface area contributed by atoms with Crippen LogP contribution in [0.1, 0.15) is 53.1 Å². The van der Waals surface area contributed by atoms with Gasteiger partial charge in [-0.1, -0.05) is 35.5 Å². The third-order valence-electron chi connectivity index (χ3n) is 4.76. The molecule has 3 N–H and O–H groups in total. The number of rotatable bonds is 6. The molecule has 1 aliphatic carbocycles. The Bertz CT molecular complexity index is 876. The topological polar surface area (TPSA) is 107 Å². The molecule has 1 atom stereocenters. The van der Waals surface area contributed by atoms with Crippen LogP contribution >= 0.6 is 12.4 Å². The normalized spacial score (nSPS) is 16.0. The van der Waals surface area contributed by atoms with Crippen LogP contribution in [-0.2, 0) is 12.0 Å². The van der Waals surface area contributed by atoms with Crippen molar-refractivity contribution in [1.29, 1.82) is 0 Å². The number of aromatic nitrogens is 2. The lowest BCUT2D eigenvalue weighted by Gasteiger charge is -2.34. The summed E-state index contributed by atoms with van der Waals surface area (Å²) in [5, 5.41) is 6.97. The minimum Gasteiger partial charge on any atom is -0.459 e. The fourth-order valence-corrected chi connectivity index (χ4v) is 3.05. The van der Waals surface area contributed by atoms with Gasteiger partial charge < -0.3 is 20.0 Å². The molecule has 0 aliphatic heterocycles. The lowest BCUT2D eigenvalue weighted by atomic mass is 9.77. The maximum atomic E-state index is 12.4. The fraction of sp³-hybridized carbons (Fsp3) is 0.316. The molecule has 0 saturated heterocycles. The molecule has 2 heterocycles. The SMILES string of the molecule is Cl.NC1(c2noc(C(Cc3ccccc3)NC(=O)c3ccco3)n2)CCC1. The third-order valence-corrected chi connectivity index (χ3v) is 4.76. The highest BCUT2D eigenvalue weighted by Crippen LogP contribution is 2.37. The molecule has 1 fully saturated rings. The van der Waals surface area contributed by atoms with Gasteiger partial charge in [0.15, 0.2) is 11.6 Å². The van der Waals surface area contributed by atoms with Gasteiger partial charge in [0.25, 0.3) is 5.91 Å². The molecule has 27 heavy (non-hydrogen) atoms. The van der Waals surface area contributed by atoms with Crippen LogP contribution in [0.3, 0.4) is 0 Å². The van der Waals surface area contributed by atoms with E-state index in [-0.39, 0.29) is 24.1 Å². The predicted octanol–water partition coefficient (Wildman–Crippen LogP) is 3.14. The van der Waals surface area contributed by atoms with Crippen molar-refractivity contribution in [3.05, 3.63) is 71.8 Å². The number of furan rings is 1. The second kappa shape index (κ2) is 7.94. The molecule has 1 aromatic carbocycles. The Morgan fingerprint density at radius 3 is 2.63 bits per heavy atom. The van der Waals surface area contributed by atoms with Gasteiger partial charge in [-0.15, -0.1) is 12.4 Å². The second-order valence-corrected chi connectivity index (χ2v) is 6.66. The summed E-state index contributed by atoms with van der Waals surface area (Å²) in [6.45, 7) is 0. The summed E-state index contributed by atoms with van der Waals surface area (Å²) in [4.78, 5) is 16.9. The number of carbonyl (C=O) groups excluding carboxylic acids is 1. The minimum atomic E-state index is -0.510. The zero-order valence-electron chi connectivity index (χ0n) is 14.6. The molecule has 1 unspecified atom stereocenters. The highest BCUT2D eigenvalue weighted by Gasteiger charge is 2.39. The maximum Gasteiger partial charge on any atom is 0.287 e. The fourth-order valence-electron chi connectivity index (χ4n) is 3.05. The molecular weight excluding hydrogens is 368 g/mol. The van der Waals surface area contributed by atoms with Crippen molar-refractivity contribution in [2.75, 3.05) is 0 Å². The monoisotopic (exact) mass is 388 g/mol.